The second-order valence-corrected chi connectivity index (χ2v) is 6.22. The summed E-state index contributed by atoms with van der Waals surface area (Å²) in [5, 5.41) is 7.02. The molecule has 1 fully saturated rings. The second kappa shape index (κ2) is 6.36. The van der Waals surface area contributed by atoms with Crippen LogP contribution in [0.25, 0.3) is 0 Å². The molecule has 1 amide bonds. The van der Waals surface area contributed by atoms with Gasteiger partial charge in [0.15, 0.2) is 0 Å². The summed E-state index contributed by atoms with van der Waals surface area (Å²) in [6.45, 7) is 0.598. The van der Waals surface area contributed by atoms with E-state index in [1.807, 2.05) is 18.2 Å². The molecule has 1 N–H and O–H groups in total. The van der Waals surface area contributed by atoms with Crippen LogP contribution in [0, 0.1) is 0 Å². The predicted molar refractivity (Wildman–Crippen MR) is 88.4 cm³/mol. The van der Waals surface area contributed by atoms with Gasteiger partial charge in [0.2, 0.25) is 0 Å². The fourth-order valence-electron chi connectivity index (χ4n) is 3.37. The standard InChI is InChI=1S/C18H21N3O2/c1-21-16(22)10-9-15(20-21)17(23)19-13-18(11-5-6-12-18)14-7-3-2-4-8-14/h2-4,7-10H,5-6,11-13H2,1H3,(H,19,23). The van der Waals surface area contributed by atoms with E-state index in [4.69, 9.17) is 0 Å². The van der Waals surface area contributed by atoms with Crippen molar-refractivity contribution in [3.63, 3.8) is 0 Å². The highest BCUT2D eigenvalue weighted by Crippen LogP contribution is 2.40. The molecule has 0 aliphatic heterocycles. The van der Waals surface area contributed by atoms with Gasteiger partial charge >= 0.3 is 0 Å². The first-order valence-corrected chi connectivity index (χ1v) is 7.99. The highest BCUT2D eigenvalue weighted by molar-refractivity contribution is 5.92. The minimum Gasteiger partial charge on any atom is -0.350 e. The average Bonchev–Trinajstić information content (AvgIpc) is 3.06. The Balaban J connectivity index is 1.76. The van der Waals surface area contributed by atoms with E-state index in [1.165, 1.54) is 35.2 Å². The molecule has 1 aromatic carbocycles. The van der Waals surface area contributed by atoms with Gasteiger partial charge in [-0.25, -0.2) is 4.68 Å². The summed E-state index contributed by atoms with van der Waals surface area (Å²) in [4.78, 5) is 23.7. The van der Waals surface area contributed by atoms with Crippen LogP contribution in [0.5, 0.6) is 0 Å². The molecule has 120 valence electrons. The van der Waals surface area contributed by atoms with Crippen LogP contribution in [-0.2, 0) is 12.5 Å². The molecule has 1 aliphatic carbocycles. The number of carbonyl (C=O) groups is 1. The fourth-order valence-corrected chi connectivity index (χ4v) is 3.37. The molecule has 0 atom stereocenters. The Hall–Kier alpha value is -2.43. The van der Waals surface area contributed by atoms with Crippen molar-refractivity contribution in [1.82, 2.24) is 15.1 Å². The van der Waals surface area contributed by atoms with Gasteiger partial charge in [0.1, 0.15) is 5.69 Å². The summed E-state index contributed by atoms with van der Waals surface area (Å²) in [5.41, 5.74) is 1.34. The van der Waals surface area contributed by atoms with Crippen LogP contribution in [0.15, 0.2) is 47.3 Å². The number of aromatic nitrogens is 2. The smallest absolute Gasteiger partial charge is 0.271 e. The van der Waals surface area contributed by atoms with Gasteiger partial charge in [-0.1, -0.05) is 43.2 Å². The number of hydrogen-bond donors (Lipinski definition) is 1. The number of aryl methyl sites for hydroxylation is 1. The van der Waals surface area contributed by atoms with Crippen molar-refractivity contribution in [2.45, 2.75) is 31.1 Å². The quantitative estimate of drug-likeness (QED) is 0.939. The minimum absolute atomic E-state index is 0.0115. The van der Waals surface area contributed by atoms with Crippen molar-refractivity contribution in [1.29, 1.82) is 0 Å². The maximum atomic E-state index is 12.3. The molecule has 0 radical (unpaired) electrons. The van der Waals surface area contributed by atoms with Crippen LogP contribution < -0.4 is 10.9 Å². The van der Waals surface area contributed by atoms with Crippen molar-refractivity contribution in [3.05, 3.63) is 64.1 Å². The summed E-state index contributed by atoms with van der Waals surface area (Å²) in [5.74, 6) is -0.234. The first-order chi connectivity index (χ1) is 11.1. The molecule has 5 heteroatoms. The van der Waals surface area contributed by atoms with E-state index in [0.29, 0.717) is 6.54 Å². The molecule has 1 aromatic heterocycles. The van der Waals surface area contributed by atoms with Gasteiger partial charge in [0.05, 0.1) is 0 Å². The van der Waals surface area contributed by atoms with Crippen LogP contribution in [-0.4, -0.2) is 22.2 Å². The Morgan fingerprint density at radius 3 is 2.52 bits per heavy atom. The Kier molecular flexibility index (Phi) is 4.28. The van der Waals surface area contributed by atoms with Crippen LogP contribution >= 0.6 is 0 Å². The molecule has 0 spiro atoms. The molecule has 1 saturated carbocycles. The molecule has 0 bridgehead atoms. The summed E-state index contributed by atoms with van der Waals surface area (Å²) in [6, 6.07) is 13.2. The second-order valence-electron chi connectivity index (χ2n) is 6.22. The lowest BCUT2D eigenvalue weighted by Crippen LogP contribution is -2.39. The average molecular weight is 311 g/mol. The largest absolute Gasteiger partial charge is 0.350 e. The molecule has 1 aliphatic rings. The zero-order valence-corrected chi connectivity index (χ0v) is 13.3. The van der Waals surface area contributed by atoms with Gasteiger partial charge in [0.25, 0.3) is 11.5 Å². The molecule has 5 nitrogen and oxygen atoms in total. The van der Waals surface area contributed by atoms with Crippen LogP contribution in [0.1, 0.15) is 41.7 Å². The summed E-state index contributed by atoms with van der Waals surface area (Å²) >= 11 is 0. The fraction of sp³-hybridized carbons (Fsp3) is 0.389. The zero-order chi connectivity index (χ0) is 16.3. The van der Waals surface area contributed by atoms with E-state index in [2.05, 4.69) is 22.5 Å². The van der Waals surface area contributed by atoms with E-state index in [1.54, 1.807) is 7.05 Å². The molecule has 2 aromatic rings. The third-order valence-electron chi connectivity index (χ3n) is 4.73. The molecular formula is C18H21N3O2. The zero-order valence-electron chi connectivity index (χ0n) is 13.3. The number of nitrogens with one attached hydrogen (secondary N) is 1. The first-order valence-electron chi connectivity index (χ1n) is 7.99. The van der Waals surface area contributed by atoms with Gasteiger partial charge in [-0.05, 0) is 24.5 Å². The normalized spacial score (nSPS) is 16.2. The Bertz CT molecular complexity index is 746. The van der Waals surface area contributed by atoms with Gasteiger partial charge in [-0.15, -0.1) is 0 Å². The van der Waals surface area contributed by atoms with Crippen molar-refractivity contribution in [2.75, 3.05) is 6.54 Å². The summed E-state index contributed by atoms with van der Waals surface area (Å²) < 4.78 is 1.18. The van der Waals surface area contributed by atoms with Gasteiger partial charge < -0.3 is 5.32 Å². The predicted octanol–water partition coefficient (Wildman–Crippen LogP) is 2.02. The lowest BCUT2D eigenvalue weighted by atomic mass is 9.79. The van der Waals surface area contributed by atoms with E-state index >= 15 is 0 Å². The van der Waals surface area contributed by atoms with Crippen molar-refractivity contribution >= 4 is 5.91 Å². The third-order valence-corrected chi connectivity index (χ3v) is 4.73. The summed E-state index contributed by atoms with van der Waals surface area (Å²) in [6.07, 6.45) is 4.53. The number of benzene rings is 1. The molecule has 0 unspecified atom stereocenters. The lowest BCUT2D eigenvalue weighted by Gasteiger charge is -2.30. The lowest BCUT2D eigenvalue weighted by molar-refractivity contribution is 0.0936. The number of amides is 1. The SMILES string of the molecule is Cn1nc(C(=O)NCC2(c3ccccc3)CCCC2)ccc1=O. The van der Waals surface area contributed by atoms with E-state index in [0.717, 1.165) is 12.8 Å². The first kappa shape index (κ1) is 15.5. The maximum absolute atomic E-state index is 12.3. The Morgan fingerprint density at radius 1 is 1.17 bits per heavy atom. The minimum atomic E-state index is -0.234. The van der Waals surface area contributed by atoms with Crippen LogP contribution in [0.2, 0.25) is 0 Å². The Morgan fingerprint density at radius 2 is 1.87 bits per heavy atom. The van der Waals surface area contributed by atoms with E-state index < -0.39 is 0 Å². The highest BCUT2D eigenvalue weighted by Gasteiger charge is 2.35. The van der Waals surface area contributed by atoms with Crippen molar-refractivity contribution in [3.8, 4) is 0 Å². The molecule has 23 heavy (non-hydrogen) atoms. The number of hydrogen-bond acceptors (Lipinski definition) is 3. The molecular weight excluding hydrogens is 290 g/mol. The molecule has 0 saturated heterocycles. The number of carbonyl (C=O) groups excluding carboxylic acids is 1. The van der Waals surface area contributed by atoms with Gasteiger partial charge in [-0.2, -0.15) is 5.10 Å². The monoisotopic (exact) mass is 311 g/mol. The topological polar surface area (TPSA) is 64.0 Å². The van der Waals surface area contributed by atoms with Crippen LogP contribution in [0.4, 0.5) is 0 Å². The van der Waals surface area contributed by atoms with Crippen molar-refractivity contribution < 1.29 is 4.79 Å². The maximum Gasteiger partial charge on any atom is 0.271 e. The highest BCUT2D eigenvalue weighted by atomic mass is 16.2. The van der Waals surface area contributed by atoms with Crippen molar-refractivity contribution in [2.24, 2.45) is 7.05 Å². The number of rotatable bonds is 4. The van der Waals surface area contributed by atoms with Gasteiger partial charge in [0, 0.05) is 25.1 Å². The summed E-state index contributed by atoms with van der Waals surface area (Å²) in [7, 11) is 1.54. The third kappa shape index (κ3) is 3.18. The number of nitrogens with zero attached hydrogens (tertiary/aromatic N) is 2. The van der Waals surface area contributed by atoms with Gasteiger partial charge in [-0.3, -0.25) is 9.59 Å². The molecule has 3 rings (SSSR count). The van der Waals surface area contributed by atoms with E-state index in [9.17, 15) is 9.59 Å². The van der Waals surface area contributed by atoms with E-state index in [-0.39, 0.29) is 22.6 Å². The Labute approximate surface area is 135 Å². The van der Waals surface area contributed by atoms with Crippen LogP contribution in [0.3, 0.4) is 0 Å². The molecule has 1 heterocycles.